The largest absolute Gasteiger partial charge is 0.497 e. The first kappa shape index (κ1) is 20.8. The van der Waals surface area contributed by atoms with Gasteiger partial charge in [-0.1, -0.05) is 0 Å². The Labute approximate surface area is 169 Å². The summed E-state index contributed by atoms with van der Waals surface area (Å²) < 4.78 is 48.8. The van der Waals surface area contributed by atoms with Gasteiger partial charge in [0.2, 0.25) is 5.75 Å². The molecule has 3 rings (SSSR count). The monoisotopic (exact) mass is 416 g/mol. The molecule has 0 amide bonds. The van der Waals surface area contributed by atoms with Gasteiger partial charge in [-0.25, -0.2) is 0 Å². The van der Waals surface area contributed by atoms with Gasteiger partial charge in [0.25, 0.3) is 0 Å². The van der Waals surface area contributed by atoms with Crippen molar-refractivity contribution in [1.82, 2.24) is 0 Å². The lowest BCUT2D eigenvalue weighted by Gasteiger charge is -2.10. The lowest BCUT2D eigenvalue weighted by molar-refractivity contribution is -0.385. The Morgan fingerprint density at radius 3 is 2.17 bits per heavy atom. The molecule has 3 aromatic rings. The lowest BCUT2D eigenvalue weighted by atomic mass is 10.2. The van der Waals surface area contributed by atoms with Crippen molar-refractivity contribution in [3.63, 3.8) is 0 Å². The number of methoxy groups -OCH3 is 1. The number of alkyl halides is 3. The molecule has 0 saturated carbocycles. The minimum atomic E-state index is -4.69. The average molecular weight is 416 g/mol. The summed E-state index contributed by atoms with van der Waals surface area (Å²) in [6, 6.07) is 15.7. The number of hydrogen-bond donors (Lipinski definition) is 0. The number of halogens is 3. The smallest absolute Gasteiger partial charge is 0.416 e. The number of benzene rings is 3. The highest BCUT2D eigenvalue weighted by Crippen LogP contribution is 2.37. The highest BCUT2D eigenvalue weighted by atomic mass is 19.4. The van der Waals surface area contributed by atoms with Gasteiger partial charge in [0.15, 0.2) is 0 Å². The quantitative estimate of drug-likeness (QED) is 0.274. The molecule has 0 atom stereocenters. The van der Waals surface area contributed by atoms with Gasteiger partial charge < -0.3 is 9.47 Å². The standard InChI is InChI=1S/C21H15F3N2O4/c1-29-17-9-5-16(6-10-17)25-13-14-2-7-18(8-3-14)30-20-11-4-15(21(22,23)24)12-19(20)26(27)28/h2-13H,1H3. The van der Waals surface area contributed by atoms with E-state index in [0.29, 0.717) is 11.8 Å². The normalized spacial score (nSPS) is 11.5. The highest BCUT2D eigenvalue weighted by Gasteiger charge is 2.33. The van der Waals surface area contributed by atoms with Gasteiger partial charge in [0.05, 0.1) is 23.3 Å². The van der Waals surface area contributed by atoms with Crippen molar-refractivity contribution < 1.29 is 27.6 Å². The van der Waals surface area contributed by atoms with E-state index in [-0.39, 0.29) is 11.5 Å². The van der Waals surface area contributed by atoms with Crippen LogP contribution < -0.4 is 9.47 Å². The molecule has 0 spiro atoms. The molecule has 6 nitrogen and oxygen atoms in total. The number of ether oxygens (including phenoxy) is 2. The van der Waals surface area contributed by atoms with Gasteiger partial charge in [-0.3, -0.25) is 15.1 Å². The van der Waals surface area contributed by atoms with E-state index in [2.05, 4.69) is 4.99 Å². The maximum atomic E-state index is 12.8. The van der Waals surface area contributed by atoms with Crippen molar-refractivity contribution in [3.05, 3.63) is 88.0 Å². The highest BCUT2D eigenvalue weighted by molar-refractivity contribution is 5.82. The number of aliphatic imine (C=N–C) groups is 1. The molecule has 0 bridgehead atoms. The second kappa shape index (κ2) is 8.64. The van der Waals surface area contributed by atoms with Crippen molar-refractivity contribution in [2.24, 2.45) is 4.99 Å². The van der Waals surface area contributed by atoms with Crippen LogP contribution in [0.3, 0.4) is 0 Å². The number of rotatable bonds is 6. The Morgan fingerprint density at radius 2 is 1.60 bits per heavy atom. The predicted molar refractivity (Wildman–Crippen MR) is 105 cm³/mol. The summed E-state index contributed by atoms with van der Waals surface area (Å²) in [6.45, 7) is 0. The van der Waals surface area contributed by atoms with Crippen molar-refractivity contribution >= 4 is 17.6 Å². The Kier molecular flexibility index (Phi) is 6.01. The molecule has 0 saturated heterocycles. The Hall–Kier alpha value is -3.88. The van der Waals surface area contributed by atoms with Crippen LogP contribution in [0.4, 0.5) is 24.5 Å². The molecule has 3 aromatic carbocycles. The summed E-state index contributed by atoms with van der Waals surface area (Å²) in [4.78, 5) is 14.5. The fourth-order valence-electron chi connectivity index (χ4n) is 2.49. The molecule has 9 heteroatoms. The Morgan fingerprint density at radius 1 is 0.967 bits per heavy atom. The lowest BCUT2D eigenvalue weighted by Crippen LogP contribution is -2.06. The van der Waals surface area contributed by atoms with Crippen molar-refractivity contribution in [1.29, 1.82) is 0 Å². The summed E-state index contributed by atoms with van der Waals surface area (Å²) in [5.41, 5.74) is -0.432. The van der Waals surface area contributed by atoms with E-state index in [9.17, 15) is 23.3 Å². The molecule has 0 heterocycles. The molecular weight excluding hydrogens is 401 g/mol. The van der Waals surface area contributed by atoms with E-state index in [4.69, 9.17) is 9.47 Å². The predicted octanol–water partition coefficient (Wildman–Crippen LogP) is 6.17. The summed E-state index contributed by atoms with van der Waals surface area (Å²) >= 11 is 0. The molecule has 0 aliphatic rings. The summed E-state index contributed by atoms with van der Waals surface area (Å²) in [5.74, 6) is 0.667. The fourth-order valence-corrected chi connectivity index (χ4v) is 2.49. The summed E-state index contributed by atoms with van der Waals surface area (Å²) in [7, 11) is 1.57. The molecule has 154 valence electrons. The zero-order valence-electron chi connectivity index (χ0n) is 15.6. The first-order valence-electron chi connectivity index (χ1n) is 8.58. The van der Waals surface area contributed by atoms with Crippen LogP contribution in [0.2, 0.25) is 0 Å². The van der Waals surface area contributed by atoms with Crippen LogP contribution in [-0.4, -0.2) is 18.2 Å². The first-order valence-corrected chi connectivity index (χ1v) is 8.58. The fraction of sp³-hybridized carbons (Fsp3) is 0.0952. The van der Waals surface area contributed by atoms with E-state index < -0.39 is 22.4 Å². The van der Waals surface area contributed by atoms with Crippen LogP contribution in [0.5, 0.6) is 17.2 Å². The zero-order chi connectivity index (χ0) is 21.7. The van der Waals surface area contributed by atoms with E-state index in [0.717, 1.165) is 23.4 Å². The van der Waals surface area contributed by atoms with E-state index >= 15 is 0 Å². The second-order valence-electron chi connectivity index (χ2n) is 6.06. The number of hydrogen-bond acceptors (Lipinski definition) is 5. The van der Waals surface area contributed by atoms with Gasteiger partial charge in [-0.05, 0) is 66.2 Å². The molecule has 0 radical (unpaired) electrons. The van der Waals surface area contributed by atoms with E-state index in [1.807, 2.05) is 0 Å². The topological polar surface area (TPSA) is 74.0 Å². The van der Waals surface area contributed by atoms with Crippen LogP contribution >= 0.6 is 0 Å². The zero-order valence-corrected chi connectivity index (χ0v) is 15.6. The molecule has 0 aromatic heterocycles. The van der Waals surface area contributed by atoms with Gasteiger partial charge >= 0.3 is 11.9 Å². The third kappa shape index (κ3) is 5.13. The Balaban J connectivity index is 1.75. The van der Waals surface area contributed by atoms with E-state index in [1.54, 1.807) is 49.7 Å². The van der Waals surface area contributed by atoms with Crippen LogP contribution in [0.15, 0.2) is 71.7 Å². The molecule has 0 unspecified atom stereocenters. The van der Waals surface area contributed by atoms with E-state index in [1.165, 1.54) is 12.1 Å². The van der Waals surface area contributed by atoms with Gasteiger partial charge in [-0.15, -0.1) is 0 Å². The maximum absolute atomic E-state index is 12.8. The minimum Gasteiger partial charge on any atom is -0.497 e. The summed E-state index contributed by atoms with van der Waals surface area (Å²) in [5, 5.41) is 11.1. The SMILES string of the molecule is COc1ccc(N=Cc2ccc(Oc3ccc(C(F)(F)F)cc3[N+](=O)[O-])cc2)cc1. The molecule has 30 heavy (non-hydrogen) atoms. The number of nitro benzene ring substituents is 1. The molecule has 0 N–H and O–H groups in total. The van der Waals surface area contributed by atoms with Crippen LogP contribution in [0.25, 0.3) is 0 Å². The number of nitrogens with zero attached hydrogens (tertiary/aromatic N) is 2. The van der Waals surface area contributed by atoms with Crippen LogP contribution in [0.1, 0.15) is 11.1 Å². The Bertz CT molecular complexity index is 1060. The van der Waals surface area contributed by atoms with Crippen molar-refractivity contribution in [2.45, 2.75) is 6.18 Å². The van der Waals surface area contributed by atoms with Crippen LogP contribution in [0, 0.1) is 10.1 Å². The summed E-state index contributed by atoms with van der Waals surface area (Å²) in [6.07, 6.45) is -3.07. The van der Waals surface area contributed by atoms with Crippen molar-refractivity contribution in [3.8, 4) is 17.2 Å². The average Bonchev–Trinajstić information content (AvgIpc) is 2.73. The van der Waals surface area contributed by atoms with Crippen LogP contribution in [-0.2, 0) is 6.18 Å². The minimum absolute atomic E-state index is 0.236. The first-order chi connectivity index (χ1) is 14.3. The molecular formula is C21H15F3N2O4. The second-order valence-corrected chi connectivity index (χ2v) is 6.06. The van der Waals surface area contributed by atoms with Gasteiger partial charge in [0, 0.05) is 12.3 Å². The van der Waals surface area contributed by atoms with Gasteiger partial charge in [-0.2, -0.15) is 13.2 Å². The van der Waals surface area contributed by atoms with Crippen molar-refractivity contribution in [2.75, 3.05) is 7.11 Å². The molecule has 0 fully saturated rings. The molecule has 0 aliphatic heterocycles. The molecule has 0 aliphatic carbocycles. The third-order valence-electron chi connectivity index (χ3n) is 4.03. The number of nitro groups is 1. The maximum Gasteiger partial charge on any atom is 0.416 e. The third-order valence-corrected chi connectivity index (χ3v) is 4.03. The van der Waals surface area contributed by atoms with Gasteiger partial charge in [0.1, 0.15) is 11.5 Å².